The number of halogens is 1. The second-order valence-electron chi connectivity index (χ2n) is 4.39. The first-order chi connectivity index (χ1) is 7.49. The van der Waals surface area contributed by atoms with E-state index in [4.69, 9.17) is 0 Å². The molecule has 0 aliphatic carbocycles. The average molecular weight is 219 g/mol. The summed E-state index contributed by atoms with van der Waals surface area (Å²) in [5, 5.41) is 0.545. The van der Waals surface area contributed by atoms with Crippen LogP contribution in [-0.4, -0.2) is 4.98 Å². The molecule has 1 aromatic heterocycles. The number of nitrogens with one attached hydrogen (secondary N) is 1. The first-order valence-electron chi connectivity index (χ1n) is 5.32. The Hall–Kier alpha value is -1.64. The van der Waals surface area contributed by atoms with E-state index in [0.29, 0.717) is 16.5 Å². The molecule has 2 nitrogen and oxygen atoms in total. The zero-order valence-electron chi connectivity index (χ0n) is 9.60. The van der Waals surface area contributed by atoms with Crippen molar-refractivity contribution in [1.29, 1.82) is 0 Å². The molecule has 0 radical (unpaired) electrons. The van der Waals surface area contributed by atoms with Gasteiger partial charge in [-0.1, -0.05) is 13.8 Å². The van der Waals surface area contributed by atoms with Crippen LogP contribution in [0.3, 0.4) is 0 Å². The van der Waals surface area contributed by atoms with Crippen molar-refractivity contribution in [2.24, 2.45) is 0 Å². The van der Waals surface area contributed by atoms with Gasteiger partial charge in [0, 0.05) is 17.1 Å². The summed E-state index contributed by atoms with van der Waals surface area (Å²) in [5.74, 6) is -0.0643. The number of benzene rings is 1. The molecule has 0 spiro atoms. The highest BCUT2D eigenvalue weighted by atomic mass is 19.1. The van der Waals surface area contributed by atoms with Crippen LogP contribution < -0.4 is 5.43 Å². The maximum atomic E-state index is 13.4. The van der Waals surface area contributed by atoms with Crippen molar-refractivity contribution in [2.45, 2.75) is 26.7 Å². The standard InChI is InChI=1S/C13H14FNO/c1-7(2)11-6-13(16)9-4-8(3)10(14)5-12(9)15-11/h4-7H,1-3H3,(H,15,16). The molecule has 0 saturated heterocycles. The minimum Gasteiger partial charge on any atom is -0.358 e. The number of hydrogen-bond acceptors (Lipinski definition) is 1. The molecule has 2 aromatic rings. The SMILES string of the molecule is Cc1cc2c(=O)cc(C(C)C)[nH]c2cc1F. The van der Waals surface area contributed by atoms with Gasteiger partial charge in [0.15, 0.2) is 5.43 Å². The number of H-pyrrole nitrogens is 1. The van der Waals surface area contributed by atoms with Gasteiger partial charge >= 0.3 is 0 Å². The third kappa shape index (κ3) is 1.73. The number of fused-ring (bicyclic) bond motifs is 1. The topological polar surface area (TPSA) is 32.9 Å². The van der Waals surface area contributed by atoms with Gasteiger partial charge in [-0.25, -0.2) is 4.39 Å². The van der Waals surface area contributed by atoms with E-state index in [9.17, 15) is 9.18 Å². The molecule has 0 saturated carbocycles. The van der Waals surface area contributed by atoms with E-state index in [1.165, 1.54) is 6.07 Å². The van der Waals surface area contributed by atoms with Crippen LogP contribution >= 0.6 is 0 Å². The Morgan fingerprint density at radius 2 is 1.94 bits per heavy atom. The predicted molar refractivity (Wildman–Crippen MR) is 63.4 cm³/mol. The Morgan fingerprint density at radius 1 is 1.25 bits per heavy atom. The van der Waals surface area contributed by atoms with Gasteiger partial charge in [0.2, 0.25) is 0 Å². The third-order valence-electron chi connectivity index (χ3n) is 2.75. The fraction of sp³-hybridized carbons (Fsp3) is 0.308. The van der Waals surface area contributed by atoms with Gasteiger partial charge < -0.3 is 4.98 Å². The summed E-state index contributed by atoms with van der Waals surface area (Å²) in [5.41, 5.74) is 1.84. The van der Waals surface area contributed by atoms with Crippen LogP contribution in [0.25, 0.3) is 10.9 Å². The molecule has 0 unspecified atom stereocenters. The molecule has 0 aliphatic heterocycles. The van der Waals surface area contributed by atoms with Gasteiger partial charge in [-0.15, -0.1) is 0 Å². The molecule has 0 bridgehead atoms. The first-order valence-corrected chi connectivity index (χ1v) is 5.32. The second kappa shape index (κ2) is 3.74. The lowest BCUT2D eigenvalue weighted by molar-refractivity contribution is 0.620. The molecule has 0 fully saturated rings. The molecule has 3 heteroatoms. The van der Waals surface area contributed by atoms with Crippen molar-refractivity contribution >= 4 is 10.9 Å². The molecule has 2 rings (SSSR count). The summed E-state index contributed by atoms with van der Waals surface area (Å²) in [6.07, 6.45) is 0. The third-order valence-corrected chi connectivity index (χ3v) is 2.75. The summed E-state index contributed by atoms with van der Waals surface area (Å²) in [7, 11) is 0. The highest BCUT2D eigenvalue weighted by molar-refractivity contribution is 5.79. The second-order valence-corrected chi connectivity index (χ2v) is 4.39. The van der Waals surface area contributed by atoms with Gasteiger partial charge in [0.05, 0.1) is 5.52 Å². The molecule has 1 heterocycles. The largest absolute Gasteiger partial charge is 0.358 e. The molecule has 16 heavy (non-hydrogen) atoms. The summed E-state index contributed by atoms with van der Waals surface area (Å²) in [6.45, 7) is 5.63. The quantitative estimate of drug-likeness (QED) is 0.785. The van der Waals surface area contributed by atoms with Crippen molar-refractivity contribution in [2.75, 3.05) is 0 Å². The van der Waals surface area contributed by atoms with Crippen LogP contribution in [0, 0.1) is 12.7 Å². The number of pyridine rings is 1. The highest BCUT2D eigenvalue weighted by Gasteiger charge is 2.07. The zero-order chi connectivity index (χ0) is 11.9. The molecule has 0 aliphatic rings. The van der Waals surface area contributed by atoms with Gasteiger partial charge in [-0.3, -0.25) is 4.79 Å². The Bertz CT molecular complexity index is 599. The molecule has 1 aromatic carbocycles. The fourth-order valence-corrected chi connectivity index (χ4v) is 1.71. The van der Waals surface area contributed by atoms with Gasteiger partial charge in [0.1, 0.15) is 5.82 Å². The summed E-state index contributed by atoms with van der Waals surface area (Å²) in [4.78, 5) is 14.9. The minimum absolute atomic E-state index is 0.0550. The number of aromatic nitrogens is 1. The Labute approximate surface area is 93.1 Å². The average Bonchev–Trinajstić information content (AvgIpc) is 2.20. The highest BCUT2D eigenvalue weighted by Crippen LogP contribution is 2.17. The van der Waals surface area contributed by atoms with Crippen LogP contribution in [0.5, 0.6) is 0 Å². The van der Waals surface area contributed by atoms with Crippen LogP contribution in [0.15, 0.2) is 23.0 Å². The molecule has 0 atom stereocenters. The van der Waals surface area contributed by atoms with Crippen LogP contribution in [-0.2, 0) is 0 Å². The van der Waals surface area contributed by atoms with E-state index in [-0.39, 0.29) is 17.2 Å². The molecular formula is C13H14FNO. The van der Waals surface area contributed by atoms with Crippen molar-refractivity contribution in [3.63, 3.8) is 0 Å². The van der Waals surface area contributed by atoms with Crippen molar-refractivity contribution in [1.82, 2.24) is 4.98 Å². The van der Waals surface area contributed by atoms with Crippen LogP contribution in [0.1, 0.15) is 31.0 Å². The van der Waals surface area contributed by atoms with Crippen LogP contribution in [0.4, 0.5) is 4.39 Å². The summed E-state index contributed by atoms with van der Waals surface area (Å²) < 4.78 is 13.4. The van der Waals surface area contributed by atoms with Gasteiger partial charge in [-0.2, -0.15) is 0 Å². The monoisotopic (exact) mass is 219 g/mol. The molecule has 1 N–H and O–H groups in total. The van der Waals surface area contributed by atoms with Crippen molar-refractivity contribution < 1.29 is 4.39 Å². The fourth-order valence-electron chi connectivity index (χ4n) is 1.71. The number of aryl methyl sites for hydroxylation is 1. The van der Waals surface area contributed by atoms with Crippen LogP contribution in [0.2, 0.25) is 0 Å². The van der Waals surface area contributed by atoms with Gasteiger partial charge in [0.25, 0.3) is 0 Å². The number of aromatic amines is 1. The maximum absolute atomic E-state index is 13.4. The number of rotatable bonds is 1. The summed E-state index contributed by atoms with van der Waals surface area (Å²) >= 11 is 0. The molecule has 84 valence electrons. The van der Waals surface area contributed by atoms with E-state index < -0.39 is 0 Å². The van der Waals surface area contributed by atoms with Crippen molar-refractivity contribution in [3.05, 3.63) is 45.5 Å². The van der Waals surface area contributed by atoms with Gasteiger partial charge in [-0.05, 0) is 30.5 Å². The first kappa shape index (κ1) is 10.9. The predicted octanol–water partition coefficient (Wildman–Crippen LogP) is 3.10. The summed E-state index contributed by atoms with van der Waals surface area (Å²) in [6, 6.07) is 4.57. The smallest absolute Gasteiger partial charge is 0.189 e. The van der Waals surface area contributed by atoms with E-state index in [2.05, 4.69) is 4.98 Å². The van der Waals surface area contributed by atoms with E-state index in [0.717, 1.165) is 5.69 Å². The Kier molecular flexibility index (Phi) is 2.54. The lowest BCUT2D eigenvalue weighted by atomic mass is 10.1. The number of hydrogen-bond donors (Lipinski definition) is 1. The molecular weight excluding hydrogens is 205 g/mol. The molecule has 0 amide bonds. The normalized spacial score (nSPS) is 11.3. The van der Waals surface area contributed by atoms with Crippen molar-refractivity contribution in [3.8, 4) is 0 Å². The van der Waals surface area contributed by atoms with E-state index in [1.807, 2.05) is 13.8 Å². The van der Waals surface area contributed by atoms with E-state index >= 15 is 0 Å². The zero-order valence-corrected chi connectivity index (χ0v) is 9.60. The van der Waals surface area contributed by atoms with E-state index in [1.54, 1.807) is 19.1 Å². The maximum Gasteiger partial charge on any atom is 0.189 e. The Balaban J connectivity index is 2.82. The Morgan fingerprint density at radius 3 is 2.56 bits per heavy atom. The lowest BCUT2D eigenvalue weighted by Crippen LogP contribution is -2.07. The lowest BCUT2D eigenvalue weighted by Gasteiger charge is -2.08. The minimum atomic E-state index is -0.288.